The molecule has 0 saturated carbocycles. The third-order valence-electron chi connectivity index (χ3n) is 3.14. The van der Waals surface area contributed by atoms with E-state index < -0.39 is 0 Å². The molecular formula is C14H20N2O2. The number of morpholine rings is 1. The molecule has 0 radical (unpaired) electrons. The van der Waals surface area contributed by atoms with Gasteiger partial charge in [0.1, 0.15) is 5.69 Å². The highest BCUT2D eigenvalue weighted by Gasteiger charge is 2.22. The molecule has 1 aliphatic rings. The third kappa shape index (κ3) is 2.88. The number of aromatic nitrogens is 1. The van der Waals surface area contributed by atoms with Crippen LogP contribution in [0.15, 0.2) is 18.3 Å². The lowest BCUT2D eigenvalue weighted by molar-refractivity contribution is -0.00523. The van der Waals surface area contributed by atoms with E-state index in [1.807, 2.05) is 19.1 Å². The van der Waals surface area contributed by atoms with Crippen LogP contribution in [0.25, 0.3) is 0 Å². The molecule has 0 N–H and O–H groups in total. The molecule has 0 amide bonds. The van der Waals surface area contributed by atoms with Crippen molar-refractivity contribution in [2.45, 2.75) is 39.4 Å². The quantitative estimate of drug-likeness (QED) is 0.770. The normalized spacial score (nSPS) is 24.1. The van der Waals surface area contributed by atoms with E-state index in [0.717, 1.165) is 18.8 Å². The highest BCUT2D eigenvalue weighted by Crippen LogP contribution is 2.19. The van der Waals surface area contributed by atoms with Crippen LogP contribution in [0, 0.1) is 0 Å². The van der Waals surface area contributed by atoms with Crippen molar-refractivity contribution in [2.75, 3.05) is 18.0 Å². The second-order valence-corrected chi connectivity index (χ2v) is 4.84. The van der Waals surface area contributed by atoms with Gasteiger partial charge < -0.3 is 9.64 Å². The molecule has 4 heteroatoms. The molecule has 0 unspecified atom stereocenters. The van der Waals surface area contributed by atoms with E-state index in [0.29, 0.717) is 12.1 Å². The van der Waals surface area contributed by atoms with E-state index in [9.17, 15) is 4.79 Å². The summed E-state index contributed by atoms with van der Waals surface area (Å²) in [6.07, 6.45) is 2.74. The maximum absolute atomic E-state index is 11.5. The van der Waals surface area contributed by atoms with Gasteiger partial charge in [-0.1, -0.05) is 6.92 Å². The van der Waals surface area contributed by atoms with Gasteiger partial charge in [-0.3, -0.25) is 9.78 Å². The van der Waals surface area contributed by atoms with Gasteiger partial charge in [0.05, 0.1) is 24.1 Å². The van der Waals surface area contributed by atoms with Gasteiger partial charge in [-0.15, -0.1) is 0 Å². The van der Waals surface area contributed by atoms with E-state index in [4.69, 9.17) is 4.74 Å². The maximum atomic E-state index is 11.5. The summed E-state index contributed by atoms with van der Waals surface area (Å²) in [6, 6.07) is 3.78. The highest BCUT2D eigenvalue weighted by molar-refractivity contribution is 5.94. The van der Waals surface area contributed by atoms with Crippen molar-refractivity contribution in [3.63, 3.8) is 0 Å². The zero-order chi connectivity index (χ0) is 13.1. The third-order valence-corrected chi connectivity index (χ3v) is 3.14. The Hall–Kier alpha value is -1.42. The molecule has 1 fully saturated rings. The number of pyridine rings is 1. The summed E-state index contributed by atoms with van der Waals surface area (Å²) in [5.74, 6) is 0.0882. The van der Waals surface area contributed by atoms with Crippen molar-refractivity contribution in [3.8, 4) is 0 Å². The summed E-state index contributed by atoms with van der Waals surface area (Å²) in [6.45, 7) is 7.74. The summed E-state index contributed by atoms with van der Waals surface area (Å²) < 4.78 is 5.70. The molecule has 0 aromatic carbocycles. The van der Waals surface area contributed by atoms with Gasteiger partial charge in [-0.05, 0) is 26.0 Å². The van der Waals surface area contributed by atoms with Gasteiger partial charge in [0, 0.05) is 19.5 Å². The number of hydrogen-bond acceptors (Lipinski definition) is 4. The summed E-state index contributed by atoms with van der Waals surface area (Å²) in [5, 5.41) is 0. The van der Waals surface area contributed by atoms with Crippen LogP contribution in [0.1, 0.15) is 37.7 Å². The van der Waals surface area contributed by atoms with E-state index in [-0.39, 0.29) is 18.0 Å². The van der Waals surface area contributed by atoms with Gasteiger partial charge in [0.15, 0.2) is 5.78 Å². The van der Waals surface area contributed by atoms with E-state index in [1.54, 1.807) is 6.20 Å². The molecule has 0 spiro atoms. The standard InChI is InChI=1S/C14H20N2O2/c1-4-14(17)13-6-5-12(7-15-13)16-8-10(2)18-11(3)9-16/h5-7,10-11H,4,8-9H2,1-3H3/t10-,11+. The van der Waals surface area contributed by atoms with Gasteiger partial charge in [0.25, 0.3) is 0 Å². The Morgan fingerprint density at radius 1 is 1.39 bits per heavy atom. The molecule has 1 aliphatic heterocycles. The van der Waals surface area contributed by atoms with Crippen molar-refractivity contribution in [1.29, 1.82) is 0 Å². The average Bonchev–Trinajstić information content (AvgIpc) is 2.37. The summed E-state index contributed by atoms with van der Waals surface area (Å²) in [5.41, 5.74) is 1.61. The van der Waals surface area contributed by atoms with Gasteiger partial charge >= 0.3 is 0 Å². The molecule has 2 atom stereocenters. The molecular weight excluding hydrogens is 228 g/mol. The first kappa shape index (κ1) is 13.0. The molecule has 2 heterocycles. The smallest absolute Gasteiger partial charge is 0.180 e. The van der Waals surface area contributed by atoms with Crippen LogP contribution in [-0.4, -0.2) is 36.1 Å². The summed E-state index contributed by atoms with van der Waals surface area (Å²) in [4.78, 5) is 18.0. The highest BCUT2D eigenvalue weighted by atomic mass is 16.5. The maximum Gasteiger partial charge on any atom is 0.180 e. The first-order valence-electron chi connectivity index (χ1n) is 6.49. The number of Topliss-reactive ketones (excluding diaryl/α,β-unsaturated/α-hetero) is 1. The minimum atomic E-state index is 0.0882. The lowest BCUT2D eigenvalue weighted by Gasteiger charge is -2.36. The second kappa shape index (κ2) is 5.48. The number of ether oxygens (including phenoxy) is 1. The van der Waals surface area contributed by atoms with Crippen molar-refractivity contribution in [2.24, 2.45) is 0 Å². The molecule has 1 saturated heterocycles. The SMILES string of the molecule is CCC(=O)c1ccc(N2C[C@@H](C)O[C@@H](C)C2)cn1. The lowest BCUT2D eigenvalue weighted by Crippen LogP contribution is -2.45. The monoisotopic (exact) mass is 248 g/mol. The van der Waals surface area contributed by atoms with E-state index >= 15 is 0 Å². The molecule has 1 aromatic rings. The minimum Gasteiger partial charge on any atom is -0.372 e. The zero-order valence-electron chi connectivity index (χ0n) is 11.2. The van der Waals surface area contributed by atoms with Crippen LogP contribution >= 0.6 is 0 Å². The molecule has 1 aromatic heterocycles. The first-order valence-corrected chi connectivity index (χ1v) is 6.49. The van der Waals surface area contributed by atoms with E-state index in [1.165, 1.54) is 0 Å². The first-order chi connectivity index (χ1) is 8.60. The van der Waals surface area contributed by atoms with Crippen LogP contribution in [0.5, 0.6) is 0 Å². The number of rotatable bonds is 3. The van der Waals surface area contributed by atoms with Crippen LogP contribution < -0.4 is 4.90 Å². The Labute approximate surface area is 108 Å². The fourth-order valence-electron chi connectivity index (χ4n) is 2.31. The molecule has 0 aliphatic carbocycles. The van der Waals surface area contributed by atoms with Crippen LogP contribution in [0.4, 0.5) is 5.69 Å². The Morgan fingerprint density at radius 3 is 2.56 bits per heavy atom. The number of carbonyl (C=O) groups excluding carboxylic acids is 1. The zero-order valence-corrected chi connectivity index (χ0v) is 11.2. The fourth-order valence-corrected chi connectivity index (χ4v) is 2.31. The number of anilines is 1. The van der Waals surface area contributed by atoms with Gasteiger partial charge in [-0.2, -0.15) is 0 Å². The Balaban J connectivity index is 2.11. The van der Waals surface area contributed by atoms with Gasteiger partial charge in [0.2, 0.25) is 0 Å². The summed E-state index contributed by atoms with van der Waals surface area (Å²) >= 11 is 0. The van der Waals surface area contributed by atoms with Crippen molar-refractivity contribution in [1.82, 2.24) is 4.98 Å². The number of carbonyl (C=O) groups is 1. The predicted octanol–water partition coefficient (Wildman–Crippen LogP) is 2.29. The van der Waals surface area contributed by atoms with Crippen molar-refractivity contribution >= 4 is 11.5 Å². The molecule has 4 nitrogen and oxygen atoms in total. The molecule has 0 bridgehead atoms. The Bertz CT molecular complexity index is 406. The molecule has 98 valence electrons. The lowest BCUT2D eigenvalue weighted by atomic mass is 10.2. The van der Waals surface area contributed by atoms with Crippen LogP contribution in [-0.2, 0) is 4.74 Å². The number of nitrogens with zero attached hydrogens (tertiary/aromatic N) is 2. The Morgan fingerprint density at radius 2 is 2.06 bits per heavy atom. The molecule has 2 rings (SSSR count). The van der Waals surface area contributed by atoms with E-state index in [2.05, 4.69) is 23.7 Å². The minimum absolute atomic E-state index is 0.0882. The van der Waals surface area contributed by atoms with Crippen molar-refractivity contribution < 1.29 is 9.53 Å². The van der Waals surface area contributed by atoms with Crippen LogP contribution in [0.3, 0.4) is 0 Å². The van der Waals surface area contributed by atoms with Crippen LogP contribution in [0.2, 0.25) is 0 Å². The molecule has 18 heavy (non-hydrogen) atoms. The average molecular weight is 248 g/mol. The van der Waals surface area contributed by atoms with Gasteiger partial charge in [-0.25, -0.2) is 0 Å². The summed E-state index contributed by atoms with van der Waals surface area (Å²) in [7, 11) is 0. The topological polar surface area (TPSA) is 42.4 Å². The second-order valence-electron chi connectivity index (χ2n) is 4.84. The Kier molecular flexibility index (Phi) is 3.97. The number of hydrogen-bond donors (Lipinski definition) is 0. The largest absolute Gasteiger partial charge is 0.372 e. The van der Waals surface area contributed by atoms with Crippen molar-refractivity contribution in [3.05, 3.63) is 24.0 Å². The number of ketones is 1. The fraction of sp³-hybridized carbons (Fsp3) is 0.571. The predicted molar refractivity (Wildman–Crippen MR) is 71.1 cm³/mol.